The van der Waals surface area contributed by atoms with Crippen molar-refractivity contribution in [3.63, 3.8) is 0 Å². The Morgan fingerprint density at radius 3 is 2.43 bits per heavy atom. The second-order valence-corrected chi connectivity index (χ2v) is 12.2. The highest BCUT2D eigenvalue weighted by Crippen LogP contribution is 2.38. The van der Waals surface area contributed by atoms with Crippen molar-refractivity contribution in [2.24, 2.45) is 0 Å². The number of anilines is 2. The molecule has 1 aliphatic rings. The number of thiophene rings is 1. The van der Waals surface area contributed by atoms with E-state index >= 15 is 0 Å². The summed E-state index contributed by atoms with van der Waals surface area (Å²) in [5, 5.41) is 5.92. The fraction of sp³-hybridized carbons (Fsp3) is 0.400. The van der Waals surface area contributed by atoms with Crippen molar-refractivity contribution in [1.82, 2.24) is 0 Å². The zero-order valence-electron chi connectivity index (χ0n) is 14.8. The van der Waals surface area contributed by atoms with Gasteiger partial charge in [0.15, 0.2) is 0 Å². The van der Waals surface area contributed by atoms with Crippen LogP contribution >= 0.6 is 11.3 Å². The lowest BCUT2D eigenvalue weighted by Gasteiger charge is -2.21. The van der Waals surface area contributed by atoms with Gasteiger partial charge in [0.1, 0.15) is 0 Å². The lowest BCUT2D eigenvalue weighted by atomic mass is 9.87. The van der Waals surface area contributed by atoms with E-state index in [-0.39, 0.29) is 5.41 Å². The van der Waals surface area contributed by atoms with E-state index in [9.17, 15) is 0 Å². The summed E-state index contributed by atoms with van der Waals surface area (Å²) in [6.07, 6.45) is 5.99. The Kier molecular flexibility index (Phi) is 4.52. The molecule has 0 spiro atoms. The van der Waals surface area contributed by atoms with Crippen LogP contribution in [0.1, 0.15) is 36.8 Å². The molecule has 0 radical (unpaired) electrons. The van der Waals surface area contributed by atoms with Gasteiger partial charge in [-0.15, -0.1) is 11.3 Å². The smallest absolute Gasteiger partial charge is 0.0531 e. The minimum absolute atomic E-state index is 0.208. The second kappa shape index (κ2) is 6.29. The van der Waals surface area contributed by atoms with Gasteiger partial charge in [0, 0.05) is 24.7 Å². The monoisotopic (exact) mass is 341 g/mol. The minimum Gasteiger partial charge on any atom is -0.355 e. The summed E-state index contributed by atoms with van der Waals surface area (Å²) in [5.74, 6) is 0. The molecule has 1 atom stereocenters. The van der Waals surface area contributed by atoms with Gasteiger partial charge in [0.25, 0.3) is 0 Å². The third kappa shape index (κ3) is 3.61. The van der Waals surface area contributed by atoms with Crippen molar-refractivity contribution in [3.8, 4) is 0 Å². The molecule has 23 heavy (non-hydrogen) atoms. The molecule has 0 saturated heterocycles. The van der Waals surface area contributed by atoms with Gasteiger partial charge in [-0.3, -0.25) is 0 Å². The van der Waals surface area contributed by atoms with Gasteiger partial charge < -0.3 is 5.32 Å². The van der Waals surface area contributed by atoms with Crippen LogP contribution in [0.2, 0.25) is 18.6 Å². The van der Waals surface area contributed by atoms with E-state index in [0.29, 0.717) is 0 Å². The second-order valence-electron chi connectivity index (χ2n) is 7.92. The Bertz CT molecular complexity index is 704. The minimum atomic E-state index is -0.627. The zero-order chi connectivity index (χ0) is 16.6. The van der Waals surface area contributed by atoms with Gasteiger partial charge in [-0.1, -0.05) is 52.1 Å². The quantitative estimate of drug-likeness (QED) is 0.654. The largest absolute Gasteiger partial charge is 0.355 e. The van der Waals surface area contributed by atoms with Crippen LogP contribution in [0.3, 0.4) is 0 Å². The van der Waals surface area contributed by atoms with Crippen molar-refractivity contribution in [2.75, 3.05) is 5.32 Å². The van der Waals surface area contributed by atoms with E-state index in [4.69, 9.17) is 0 Å². The van der Waals surface area contributed by atoms with Crippen molar-refractivity contribution in [3.05, 3.63) is 51.7 Å². The van der Waals surface area contributed by atoms with E-state index in [1.54, 1.807) is 0 Å². The topological polar surface area (TPSA) is 12.0 Å². The standard InChI is InChI=1S/C20H27NSSi/c1-20(2,3)14-6-8-15(9-7-14)21-18-13-22-19-11-10-16(23(4)5)12-17(18)19/h6-11,13,16,21,23H,12H2,1-5H3/t16-/m1/s1. The Hall–Kier alpha value is -1.32. The molecule has 1 N–H and O–H groups in total. The molecule has 0 aliphatic heterocycles. The highest BCUT2D eigenvalue weighted by molar-refractivity contribution is 7.11. The first-order chi connectivity index (χ1) is 10.8. The zero-order valence-corrected chi connectivity index (χ0v) is 16.8. The number of fused-ring (bicyclic) bond motifs is 1. The molecule has 0 amide bonds. The maximum absolute atomic E-state index is 3.64. The van der Waals surface area contributed by atoms with Crippen molar-refractivity contribution < 1.29 is 0 Å². The number of hydrogen-bond donors (Lipinski definition) is 1. The summed E-state index contributed by atoms with van der Waals surface area (Å²) in [4.78, 5) is 1.43. The summed E-state index contributed by atoms with van der Waals surface area (Å²) < 4.78 is 0. The van der Waals surface area contributed by atoms with E-state index in [0.717, 1.165) is 5.54 Å². The van der Waals surface area contributed by atoms with E-state index in [1.165, 1.54) is 33.8 Å². The van der Waals surface area contributed by atoms with Crippen LogP contribution in [0, 0.1) is 0 Å². The maximum Gasteiger partial charge on any atom is 0.0531 e. The molecular formula is C20H27NSSi. The van der Waals surface area contributed by atoms with Gasteiger partial charge in [-0.25, -0.2) is 0 Å². The van der Waals surface area contributed by atoms with Crippen LogP contribution in [0.4, 0.5) is 11.4 Å². The summed E-state index contributed by atoms with van der Waals surface area (Å²) >= 11 is 1.86. The number of rotatable bonds is 3. The van der Waals surface area contributed by atoms with Crippen LogP contribution in [-0.2, 0) is 11.8 Å². The van der Waals surface area contributed by atoms with E-state index in [1.807, 2.05) is 11.3 Å². The normalized spacial score (nSPS) is 17.4. The molecule has 1 aromatic carbocycles. The summed E-state index contributed by atoms with van der Waals surface area (Å²) in [5.41, 5.74) is 6.39. The SMILES string of the molecule is C[SiH](C)[C@@H]1C=Cc2scc(Nc3ccc(C(C)(C)C)cc3)c2C1. The van der Waals surface area contributed by atoms with Crippen LogP contribution in [-0.4, -0.2) is 8.80 Å². The molecule has 1 aliphatic carbocycles. The lowest BCUT2D eigenvalue weighted by Crippen LogP contribution is -2.15. The predicted octanol–water partition coefficient (Wildman–Crippen LogP) is 6.22. The molecule has 3 heteroatoms. The molecule has 1 aromatic heterocycles. The molecule has 1 nitrogen and oxygen atoms in total. The highest BCUT2D eigenvalue weighted by Gasteiger charge is 2.21. The molecule has 2 aromatic rings. The number of allylic oxidation sites excluding steroid dienone is 1. The van der Waals surface area contributed by atoms with Gasteiger partial charge in [-0.05, 0) is 46.7 Å². The molecule has 3 rings (SSSR count). The fourth-order valence-electron chi connectivity index (χ4n) is 3.03. The lowest BCUT2D eigenvalue weighted by molar-refractivity contribution is 0.590. The van der Waals surface area contributed by atoms with Crippen molar-refractivity contribution in [2.45, 2.75) is 51.2 Å². The number of nitrogens with one attached hydrogen (secondary N) is 1. The fourth-order valence-corrected chi connectivity index (χ4v) is 5.24. The van der Waals surface area contributed by atoms with Crippen LogP contribution < -0.4 is 5.32 Å². The van der Waals surface area contributed by atoms with E-state index < -0.39 is 8.80 Å². The number of benzene rings is 1. The first-order valence-electron chi connectivity index (χ1n) is 8.51. The Labute approximate surface area is 146 Å². The van der Waals surface area contributed by atoms with Gasteiger partial charge >= 0.3 is 0 Å². The molecule has 0 saturated carbocycles. The highest BCUT2D eigenvalue weighted by atomic mass is 32.1. The third-order valence-corrected chi connectivity index (χ3v) is 7.91. The Morgan fingerprint density at radius 2 is 1.83 bits per heavy atom. The summed E-state index contributed by atoms with van der Waals surface area (Å²) in [6.45, 7) is 11.7. The molecule has 0 fully saturated rings. The summed E-state index contributed by atoms with van der Waals surface area (Å²) in [7, 11) is -0.627. The first kappa shape index (κ1) is 16.5. The molecule has 1 heterocycles. The molecular weight excluding hydrogens is 314 g/mol. The van der Waals surface area contributed by atoms with Gasteiger partial charge in [0.2, 0.25) is 0 Å². The van der Waals surface area contributed by atoms with Crippen molar-refractivity contribution in [1.29, 1.82) is 0 Å². The molecule has 122 valence electrons. The van der Waals surface area contributed by atoms with Gasteiger partial charge in [-0.2, -0.15) is 0 Å². The Balaban J connectivity index is 1.80. The summed E-state index contributed by atoms with van der Waals surface area (Å²) in [6, 6.07) is 8.89. The molecule has 0 bridgehead atoms. The van der Waals surface area contributed by atoms with Crippen LogP contribution in [0.5, 0.6) is 0 Å². The average molecular weight is 342 g/mol. The first-order valence-corrected chi connectivity index (χ1v) is 12.4. The third-order valence-electron chi connectivity index (χ3n) is 4.75. The number of hydrogen-bond acceptors (Lipinski definition) is 2. The molecule has 0 unspecified atom stereocenters. The maximum atomic E-state index is 3.64. The van der Waals surface area contributed by atoms with Crippen LogP contribution in [0.15, 0.2) is 35.7 Å². The predicted molar refractivity (Wildman–Crippen MR) is 108 cm³/mol. The van der Waals surface area contributed by atoms with E-state index in [2.05, 4.69) is 81.0 Å². The van der Waals surface area contributed by atoms with Gasteiger partial charge in [0.05, 0.1) is 5.69 Å². The van der Waals surface area contributed by atoms with Crippen LogP contribution in [0.25, 0.3) is 6.08 Å². The van der Waals surface area contributed by atoms with Crippen molar-refractivity contribution >= 4 is 37.6 Å². The Morgan fingerprint density at radius 1 is 1.13 bits per heavy atom. The average Bonchev–Trinajstić information content (AvgIpc) is 2.89.